The maximum Gasteiger partial charge on any atom is 0.154 e. The van der Waals surface area contributed by atoms with Gasteiger partial charge in [-0.05, 0) is 30.7 Å². The SMILES string of the molecule is CCCCNc1c(O)cccc1Oc1ccccc1. The molecule has 0 saturated heterocycles. The highest BCUT2D eigenvalue weighted by Crippen LogP contribution is 2.36. The van der Waals surface area contributed by atoms with E-state index in [-0.39, 0.29) is 5.75 Å². The van der Waals surface area contributed by atoms with E-state index in [1.807, 2.05) is 36.4 Å². The predicted octanol–water partition coefficient (Wildman–Crippen LogP) is 4.40. The van der Waals surface area contributed by atoms with Crippen molar-refractivity contribution in [2.45, 2.75) is 19.8 Å². The topological polar surface area (TPSA) is 41.5 Å². The Balaban J connectivity index is 2.17. The maximum absolute atomic E-state index is 9.93. The second-order valence-electron chi connectivity index (χ2n) is 4.35. The first-order valence-corrected chi connectivity index (χ1v) is 6.60. The van der Waals surface area contributed by atoms with Gasteiger partial charge < -0.3 is 15.2 Å². The summed E-state index contributed by atoms with van der Waals surface area (Å²) in [5.41, 5.74) is 0.653. The Morgan fingerprint density at radius 2 is 1.84 bits per heavy atom. The summed E-state index contributed by atoms with van der Waals surface area (Å²) in [4.78, 5) is 0. The Labute approximate surface area is 113 Å². The Morgan fingerprint density at radius 3 is 2.58 bits per heavy atom. The molecule has 0 saturated carbocycles. The van der Waals surface area contributed by atoms with Crippen LogP contribution in [-0.4, -0.2) is 11.7 Å². The number of para-hydroxylation sites is 2. The fourth-order valence-corrected chi connectivity index (χ4v) is 1.79. The molecule has 2 aromatic rings. The maximum atomic E-state index is 9.93. The van der Waals surface area contributed by atoms with Crippen LogP contribution in [0.5, 0.6) is 17.2 Å². The lowest BCUT2D eigenvalue weighted by atomic mass is 10.2. The quantitative estimate of drug-likeness (QED) is 0.595. The molecule has 0 aliphatic heterocycles. The first-order valence-electron chi connectivity index (χ1n) is 6.60. The van der Waals surface area contributed by atoms with E-state index >= 15 is 0 Å². The van der Waals surface area contributed by atoms with Crippen LogP contribution >= 0.6 is 0 Å². The van der Waals surface area contributed by atoms with Gasteiger partial charge in [-0.2, -0.15) is 0 Å². The zero-order valence-electron chi connectivity index (χ0n) is 11.1. The van der Waals surface area contributed by atoms with E-state index < -0.39 is 0 Å². The number of nitrogens with one attached hydrogen (secondary N) is 1. The van der Waals surface area contributed by atoms with Gasteiger partial charge in [0.25, 0.3) is 0 Å². The van der Waals surface area contributed by atoms with Crippen LogP contribution < -0.4 is 10.1 Å². The highest BCUT2D eigenvalue weighted by molar-refractivity contribution is 5.66. The van der Waals surface area contributed by atoms with Crippen molar-refractivity contribution >= 4 is 5.69 Å². The Morgan fingerprint density at radius 1 is 1.05 bits per heavy atom. The van der Waals surface area contributed by atoms with Crippen molar-refractivity contribution in [1.29, 1.82) is 0 Å². The molecule has 0 heterocycles. The van der Waals surface area contributed by atoms with Gasteiger partial charge in [0.1, 0.15) is 17.2 Å². The van der Waals surface area contributed by atoms with Gasteiger partial charge in [0, 0.05) is 6.54 Å². The number of phenols is 1. The van der Waals surface area contributed by atoms with Crippen molar-refractivity contribution in [2.75, 3.05) is 11.9 Å². The molecule has 0 atom stereocenters. The van der Waals surface area contributed by atoms with Crippen LogP contribution in [-0.2, 0) is 0 Å². The Bertz CT molecular complexity index is 511. The van der Waals surface area contributed by atoms with Crippen molar-refractivity contribution < 1.29 is 9.84 Å². The number of unbranched alkanes of at least 4 members (excludes halogenated alkanes) is 1. The molecule has 2 N–H and O–H groups in total. The average molecular weight is 257 g/mol. The van der Waals surface area contributed by atoms with E-state index in [9.17, 15) is 5.11 Å². The minimum Gasteiger partial charge on any atom is -0.506 e. The zero-order valence-corrected chi connectivity index (χ0v) is 11.1. The molecule has 2 rings (SSSR count). The molecule has 100 valence electrons. The lowest BCUT2D eigenvalue weighted by molar-refractivity contribution is 0.458. The number of phenolic OH excluding ortho intramolecular Hbond substituents is 1. The van der Waals surface area contributed by atoms with Crippen molar-refractivity contribution in [3.05, 3.63) is 48.5 Å². The lowest BCUT2D eigenvalue weighted by Crippen LogP contribution is -2.02. The first kappa shape index (κ1) is 13.3. The second-order valence-corrected chi connectivity index (χ2v) is 4.35. The van der Waals surface area contributed by atoms with Crippen LogP contribution in [0, 0.1) is 0 Å². The second kappa shape index (κ2) is 6.69. The van der Waals surface area contributed by atoms with Crippen LogP contribution in [0.15, 0.2) is 48.5 Å². The first-order chi connectivity index (χ1) is 9.31. The lowest BCUT2D eigenvalue weighted by Gasteiger charge is -2.14. The van der Waals surface area contributed by atoms with Gasteiger partial charge in [-0.15, -0.1) is 0 Å². The monoisotopic (exact) mass is 257 g/mol. The summed E-state index contributed by atoms with van der Waals surface area (Å²) in [7, 11) is 0. The van der Waals surface area contributed by atoms with Crippen molar-refractivity contribution in [3.8, 4) is 17.2 Å². The molecule has 3 heteroatoms. The summed E-state index contributed by atoms with van der Waals surface area (Å²) in [6, 6.07) is 14.8. The van der Waals surface area contributed by atoms with Crippen molar-refractivity contribution in [3.63, 3.8) is 0 Å². The van der Waals surface area contributed by atoms with Gasteiger partial charge in [0.05, 0.1) is 0 Å². The standard InChI is InChI=1S/C16H19NO2/c1-2-3-12-17-16-14(18)10-7-11-15(16)19-13-8-5-4-6-9-13/h4-11,17-18H,2-3,12H2,1H3. The molecular weight excluding hydrogens is 238 g/mol. The molecular formula is C16H19NO2. The Hall–Kier alpha value is -2.16. The number of aromatic hydroxyl groups is 1. The number of benzene rings is 2. The van der Waals surface area contributed by atoms with Crippen LogP contribution in [0.25, 0.3) is 0 Å². The van der Waals surface area contributed by atoms with Crippen LogP contribution in [0.4, 0.5) is 5.69 Å². The van der Waals surface area contributed by atoms with Crippen molar-refractivity contribution in [2.24, 2.45) is 0 Å². The summed E-state index contributed by atoms with van der Waals surface area (Å²) in [5.74, 6) is 1.61. The van der Waals surface area contributed by atoms with E-state index in [1.54, 1.807) is 12.1 Å². The molecule has 0 bridgehead atoms. The third-order valence-electron chi connectivity index (χ3n) is 2.81. The molecule has 0 spiro atoms. The molecule has 0 aliphatic rings. The highest BCUT2D eigenvalue weighted by Gasteiger charge is 2.09. The molecule has 0 radical (unpaired) electrons. The van der Waals surface area contributed by atoms with Gasteiger partial charge >= 0.3 is 0 Å². The van der Waals surface area contributed by atoms with E-state index in [1.165, 1.54) is 0 Å². The molecule has 19 heavy (non-hydrogen) atoms. The molecule has 0 unspecified atom stereocenters. The van der Waals surface area contributed by atoms with E-state index in [0.29, 0.717) is 11.4 Å². The number of ether oxygens (including phenoxy) is 1. The summed E-state index contributed by atoms with van der Waals surface area (Å²) in [5, 5.41) is 13.2. The normalized spacial score (nSPS) is 10.2. The molecule has 0 aliphatic carbocycles. The minimum atomic E-state index is 0.213. The number of anilines is 1. The third-order valence-corrected chi connectivity index (χ3v) is 2.81. The van der Waals surface area contributed by atoms with Gasteiger partial charge in [-0.1, -0.05) is 37.6 Å². The van der Waals surface area contributed by atoms with E-state index in [2.05, 4.69) is 12.2 Å². The smallest absolute Gasteiger partial charge is 0.154 e. The van der Waals surface area contributed by atoms with Gasteiger partial charge in [0.2, 0.25) is 0 Å². The fourth-order valence-electron chi connectivity index (χ4n) is 1.79. The fraction of sp³-hybridized carbons (Fsp3) is 0.250. The summed E-state index contributed by atoms with van der Waals surface area (Å²) in [6.07, 6.45) is 2.16. The van der Waals surface area contributed by atoms with Gasteiger partial charge in [-0.25, -0.2) is 0 Å². The predicted molar refractivity (Wildman–Crippen MR) is 78.0 cm³/mol. The van der Waals surface area contributed by atoms with Crippen LogP contribution in [0.1, 0.15) is 19.8 Å². The largest absolute Gasteiger partial charge is 0.506 e. The zero-order chi connectivity index (χ0) is 13.5. The average Bonchev–Trinajstić information content (AvgIpc) is 2.43. The summed E-state index contributed by atoms with van der Waals surface area (Å²) in [6.45, 7) is 2.95. The molecule has 0 aromatic heterocycles. The third kappa shape index (κ3) is 3.65. The van der Waals surface area contributed by atoms with Crippen molar-refractivity contribution in [1.82, 2.24) is 0 Å². The van der Waals surface area contributed by atoms with Crippen LogP contribution in [0.2, 0.25) is 0 Å². The molecule has 0 amide bonds. The molecule has 0 fully saturated rings. The Kier molecular flexibility index (Phi) is 4.67. The molecule has 2 aromatic carbocycles. The number of hydrogen-bond donors (Lipinski definition) is 2. The van der Waals surface area contributed by atoms with Gasteiger partial charge in [-0.3, -0.25) is 0 Å². The summed E-state index contributed by atoms with van der Waals surface area (Å²) < 4.78 is 5.80. The van der Waals surface area contributed by atoms with E-state index in [0.717, 1.165) is 25.1 Å². The highest BCUT2D eigenvalue weighted by atomic mass is 16.5. The summed E-state index contributed by atoms with van der Waals surface area (Å²) >= 11 is 0. The van der Waals surface area contributed by atoms with Gasteiger partial charge in [0.15, 0.2) is 5.75 Å². The number of rotatable bonds is 6. The van der Waals surface area contributed by atoms with E-state index in [4.69, 9.17) is 4.74 Å². The minimum absolute atomic E-state index is 0.213. The number of hydrogen-bond acceptors (Lipinski definition) is 3. The molecule has 3 nitrogen and oxygen atoms in total. The van der Waals surface area contributed by atoms with Crippen LogP contribution in [0.3, 0.4) is 0 Å².